The number of terminal acetylenes is 1. The first-order valence-electron chi connectivity index (χ1n) is 4.82. The number of likely N-dealkylation sites (tertiary alicyclic amines) is 1. The molecule has 1 atom stereocenters. The highest BCUT2D eigenvalue weighted by molar-refractivity contribution is 5.09. The van der Waals surface area contributed by atoms with E-state index in [0.717, 1.165) is 19.7 Å². The fourth-order valence-electron chi connectivity index (χ4n) is 1.80. The highest BCUT2D eigenvalue weighted by Crippen LogP contribution is 2.24. The molecular weight excluding hydrogens is 162 g/mol. The van der Waals surface area contributed by atoms with Gasteiger partial charge in [0, 0.05) is 13.7 Å². The molecule has 1 saturated heterocycles. The van der Waals surface area contributed by atoms with E-state index in [1.54, 1.807) is 7.11 Å². The van der Waals surface area contributed by atoms with Crippen LogP contribution in [0, 0.1) is 18.3 Å². The smallest absolute Gasteiger partial charge is 0.0766 e. The molecule has 1 heterocycles. The fraction of sp³-hybridized carbons (Fsp3) is 0.818. The number of ether oxygens (including phenoxy) is 1. The zero-order chi connectivity index (χ0) is 9.90. The van der Waals surface area contributed by atoms with Crippen LogP contribution >= 0.6 is 0 Å². The van der Waals surface area contributed by atoms with Gasteiger partial charge in [-0.3, -0.25) is 4.90 Å². The van der Waals surface area contributed by atoms with Crippen molar-refractivity contribution in [3.8, 4) is 12.3 Å². The Morgan fingerprint density at radius 3 is 2.85 bits per heavy atom. The summed E-state index contributed by atoms with van der Waals surface area (Å²) in [6.07, 6.45) is 6.69. The van der Waals surface area contributed by atoms with Gasteiger partial charge in [-0.25, -0.2) is 0 Å². The molecule has 2 nitrogen and oxygen atoms in total. The van der Waals surface area contributed by atoms with Crippen molar-refractivity contribution >= 4 is 0 Å². The molecule has 0 aromatic carbocycles. The molecule has 0 aromatic rings. The van der Waals surface area contributed by atoms with Crippen molar-refractivity contribution in [1.82, 2.24) is 4.90 Å². The Morgan fingerprint density at radius 2 is 2.31 bits per heavy atom. The van der Waals surface area contributed by atoms with E-state index in [1.807, 2.05) is 0 Å². The first kappa shape index (κ1) is 10.6. The summed E-state index contributed by atoms with van der Waals surface area (Å²) in [6.45, 7) is 7.23. The van der Waals surface area contributed by atoms with Gasteiger partial charge in [0.1, 0.15) is 0 Å². The predicted octanol–water partition coefficient (Wildman–Crippen LogP) is 1.37. The lowest BCUT2D eigenvalue weighted by Crippen LogP contribution is -2.41. The molecule has 1 fully saturated rings. The van der Waals surface area contributed by atoms with Crippen molar-refractivity contribution in [2.75, 3.05) is 26.8 Å². The molecule has 1 rings (SSSR count). The highest BCUT2D eigenvalue weighted by Gasteiger charge is 2.31. The van der Waals surface area contributed by atoms with Gasteiger partial charge in [0.2, 0.25) is 0 Å². The molecule has 1 aliphatic rings. The van der Waals surface area contributed by atoms with Crippen LogP contribution < -0.4 is 0 Å². The summed E-state index contributed by atoms with van der Waals surface area (Å²) in [6, 6.07) is 0. The maximum Gasteiger partial charge on any atom is 0.0766 e. The predicted molar refractivity (Wildman–Crippen MR) is 54.5 cm³/mol. The molecule has 0 amide bonds. The third kappa shape index (κ3) is 2.46. The molecule has 0 aromatic heterocycles. The monoisotopic (exact) mass is 181 g/mol. The molecule has 0 spiro atoms. The van der Waals surface area contributed by atoms with Crippen LogP contribution in [-0.2, 0) is 4.74 Å². The number of rotatable bonds is 3. The third-order valence-electron chi connectivity index (χ3n) is 2.83. The summed E-state index contributed by atoms with van der Waals surface area (Å²) in [4.78, 5) is 2.36. The van der Waals surface area contributed by atoms with Gasteiger partial charge < -0.3 is 4.74 Å². The molecule has 0 saturated carbocycles. The minimum Gasteiger partial charge on any atom is -0.384 e. The van der Waals surface area contributed by atoms with Crippen molar-refractivity contribution in [3.05, 3.63) is 0 Å². The minimum atomic E-state index is -0.0948. The maximum atomic E-state index is 5.48. The second-order valence-corrected chi connectivity index (χ2v) is 4.26. The van der Waals surface area contributed by atoms with E-state index < -0.39 is 0 Å². The Hall–Kier alpha value is -0.520. The van der Waals surface area contributed by atoms with Crippen molar-refractivity contribution in [2.45, 2.75) is 25.8 Å². The standard InChI is InChI=1S/C11H19NO/c1-5-11(2,3)12-7-6-10(8-12)9-13-4/h1,10H,6-9H2,2-4H3. The van der Waals surface area contributed by atoms with Crippen LogP contribution in [0.4, 0.5) is 0 Å². The van der Waals surface area contributed by atoms with Crippen LogP contribution in [0.1, 0.15) is 20.3 Å². The minimum absolute atomic E-state index is 0.0948. The fourth-order valence-corrected chi connectivity index (χ4v) is 1.80. The Balaban J connectivity index is 2.46. The average molecular weight is 181 g/mol. The number of hydrogen-bond acceptors (Lipinski definition) is 2. The first-order chi connectivity index (χ1) is 6.10. The molecule has 0 aliphatic carbocycles. The zero-order valence-electron chi connectivity index (χ0n) is 8.84. The van der Waals surface area contributed by atoms with E-state index in [2.05, 4.69) is 24.7 Å². The average Bonchev–Trinajstić information content (AvgIpc) is 2.54. The molecule has 0 N–H and O–H groups in total. The Morgan fingerprint density at radius 1 is 1.62 bits per heavy atom. The Labute approximate surface area is 81.3 Å². The van der Waals surface area contributed by atoms with E-state index in [-0.39, 0.29) is 5.54 Å². The lowest BCUT2D eigenvalue weighted by molar-refractivity contribution is 0.142. The van der Waals surface area contributed by atoms with Gasteiger partial charge in [0.05, 0.1) is 12.1 Å². The van der Waals surface area contributed by atoms with Gasteiger partial charge in [0.15, 0.2) is 0 Å². The lowest BCUT2D eigenvalue weighted by Gasteiger charge is -2.30. The summed E-state index contributed by atoms with van der Waals surface area (Å²) in [7, 11) is 1.76. The van der Waals surface area contributed by atoms with E-state index >= 15 is 0 Å². The molecule has 1 aliphatic heterocycles. The van der Waals surface area contributed by atoms with Gasteiger partial charge in [-0.1, -0.05) is 5.92 Å². The summed E-state index contributed by atoms with van der Waals surface area (Å²) in [5.74, 6) is 3.50. The second-order valence-electron chi connectivity index (χ2n) is 4.26. The van der Waals surface area contributed by atoms with Crippen molar-refractivity contribution < 1.29 is 4.74 Å². The maximum absolute atomic E-state index is 5.48. The van der Waals surface area contributed by atoms with Crippen LogP contribution in [0.25, 0.3) is 0 Å². The summed E-state index contributed by atoms with van der Waals surface area (Å²) in [5, 5.41) is 0. The summed E-state index contributed by atoms with van der Waals surface area (Å²) < 4.78 is 5.14. The quantitative estimate of drug-likeness (QED) is 0.610. The summed E-state index contributed by atoms with van der Waals surface area (Å²) in [5.41, 5.74) is -0.0948. The van der Waals surface area contributed by atoms with E-state index in [0.29, 0.717) is 5.92 Å². The van der Waals surface area contributed by atoms with Crippen LogP contribution in [0.5, 0.6) is 0 Å². The number of methoxy groups -OCH3 is 1. The Kier molecular flexibility index (Phi) is 3.35. The molecule has 0 bridgehead atoms. The van der Waals surface area contributed by atoms with E-state index in [1.165, 1.54) is 6.42 Å². The summed E-state index contributed by atoms with van der Waals surface area (Å²) >= 11 is 0. The molecule has 0 radical (unpaired) electrons. The highest BCUT2D eigenvalue weighted by atomic mass is 16.5. The molecule has 13 heavy (non-hydrogen) atoms. The van der Waals surface area contributed by atoms with Gasteiger partial charge in [-0.05, 0) is 32.7 Å². The van der Waals surface area contributed by atoms with Crippen LogP contribution in [-0.4, -0.2) is 37.2 Å². The van der Waals surface area contributed by atoms with Gasteiger partial charge in [-0.2, -0.15) is 0 Å². The van der Waals surface area contributed by atoms with E-state index in [9.17, 15) is 0 Å². The molecule has 2 heteroatoms. The zero-order valence-corrected chi connectivity index (χ0v) is 8.84. The van der Waals surface area contributed by atoms with Crippen molar-refractivity contribution in [3.63, 3.8) is 0 Å². The van der Waals surface area contributed by atoms with Crippen molar-refractivity contribution in [1.29, 1.82) is 0 Å². The normalized spacial score (nSPS) is 24.6. The van der Waals surface area contributed by atoms with Crippen molar-refractivity contribution in [2.24, 2.45) is 5.92 Å². The molecule has 74 valence electrons. The largest absolute Gasteiger partial charge is 0.384 e. The van der Waals surface area contributed by atoms with Crippen LogP contribution in [0.15, 0.2) is 0 Å². The number of hydrogen-bond donors (Lipinski definition) is 0. The van der Waals surface area contributed by atoms with Gasteiger partial charge >= 0.3 is 0 Å². The first-order valence-corrected chi connectivity index (χ1v) is 4.82. The second kappa shape index (κ2) is 4.13. The van der Waals surface area contributed by atoms with E-state index in [4.69, 9.17) is 11.2 Å². The Bertz CT molecular complexity index is 205. The SMILES string of the molecule is C#CC(C)(C)N1CCC(COC)C1. The van der Waals surface area contributed by atoms with Crippen LogP contribution in [0.2, 0.25) is 0 Å². The van der Waals surface area contributed by atoms with Gasteiger partial charge in [-0.15, -0.1) is 6.42 Å². The van der Waals surface area contributed by atoms with Gasteiger partial charge in [0.25, 0.3) is 0 Å². The molecule has 1 unspecified atom stereocenters. The lowest BCUT2D eigenvalue weighted by atomic mass is 10.1. The van der Waals surface area contributed by atoms with Crippen LogP contribution in [0.3, 0.4) is 0 Å². The number of nitrogens with zero attached hydrogens (tertiary/aromatic N) is 1. The topological polar surface area (TPSA) is 12.5 Å². The third-order valence-corrected chi connectivity index (χ3v) is 2.83. The molecular formula is C11H19NO.